The topological polar surface area (TPSA) is 77.1 Å². The van der Waals surface area contributed by atoms with E-state index < -0.39 is 0 Å². The van der Waals surface area contributed by atoms with Crippen LogP contribution in [0.2, 0.25) is 0 Å². The van der Waals surface area contributed by atoms with Crippen LogP contribution in [0.25, 0.3) is 0 Å². The molecule has 2 aromatic rings. The van der Waals surface area contributed by atoms with Crippen LogP contribution in [0.5, 0.6) is 0 Å². The lowest BCUT2D eigenvalue weighted by Crippen LogP contribution is -2.42. The Kier molecular flexibility index (Phi) is 4.45. The van der Waals surface area contributed by atoms with Crippen molar-refractivity contribution in [1.29, 1.82) is 0 Å². The normalized spacial score (nSPS) is 20.0. The molecular formula is C16H23N5O2. The maximum atomic E-state index is 12.7. The number of amides is 1. The van der Waals surface area contributed by atoms with Crippen molar-refractivity contribution < 1.29 is 9.32 Å². The van der Waals surface area contributed by atoms with Crippen molar-refractivity contribution in [2.45, 2.75) is 51.5 Å². The first-order chi connectivity index (χ1) is 11.1. The van der Waals surface area contributed by atoms with Gasteiger partial charge in [0.05, 0.1) is 6.33 Å². The summed E-state index contributed by atoms with van der Waals surface area (Å²) in [7, 11) is 0. The minimum atomic E-state index is -0.243. The van der Waals surface area contributed by atoms with Crippen LogP contribution in [0.1, 0.15) is 63.2 Å². The molecule has 3 heterocycles. The zero-order valence-electron chi connectivity index (χ0n) is 13.8. The van der Waals surface area contributed by atoms with E-state index >= 15 is 0 Å². The van der Waals surface area contributed by atoms with Gasteiger partial charge in [0.1, 0.15) is 6.04 Å². The fourth-order valence-electron chi connectivity index (χ4n) is 2.93. The number of nitrogens with zero attached hydrogens (tertiary/aromatic N) is 5. The number of carbonyl (C=O) groups is 1. The lowest BCUT2D eigenvalue weighted by atomic mass is 9.97. The molecular weight excluding hydrogens is 294 g/mol. The van der Waals surface area contributed by atoms with Crippen molar-refractivity contribution in [2.75, 3.05) is 13.1 Å². The Bertz CT molecular complexity index is 649. The number of aromatic nitrogens is 4. The van der Waals surface area contributed by atoms with Crippen molar-refractivity contribution >= 4 is 5.91 Å². The van der Waals surface area contributed by atoms with Crippen LogP contribution in [0, 0.1) is 0 Å². The highest BCUT2D eigenvalue weighted by Gasteiger charge is 2.30. The zero-order valence-corrected chi connectivity index (χ0v) is 13.8. The molecule has 2 atom stereocenters. The summed E-state index contributed by atoms with van der Waals surface area (Å²) in [4.78, 5) is 23.1. The first-order valence-corrected chi connectivity index (χ1v) is 8.16. The van der Waals surface area contributed by atoms with Gasteiger partial charge in [-0.1, -0.05) is 19.0 Å². The molecule has 1 saturated heterocycles. The van der Waals surface area contributed by atoms with Gasteiger partial charge in [-0.3, -0.25) is 4.79 Å². The van der Waals surface area contributed by atoms with Gasteiger partial charge in [0, 0.05) is 37.3 Å². The van der Waals surface area contributed by atoms with E-state index in [1.807, 2.05) is 36.4 Å². The maximum Gasteiger partial charge on any atom is 0.245 e. The van der Waals surface area contributed by atoms with E-state index in [0.29, 0.717) is 12.4 Å². The predicted molar refractivity (Wildman–Crippen MR) is 83.9 cm³/mol. The molecule has 0 spiro atoms. The average molecular weight is 317 g/mol. The molecule has 0 radical (unpaired) electrons. The number of imidazole rings is 1. The fraction of sp³-hybridized carbons (Fsp3) is 0.625. The van der Waals surface area contributed by atoms with Crippen molar-refractivity contribution in [3.05, 3.63) is 30.4 Å². The average Bonchev–Trinajstić information content (AvgIpc) is 3.25. The van der Waals surface area contributed by atoms with Gasteiger partial charge in [0.25, 0.3) is 0 Å². The Morgan fingerprint density at radius 3 is 2.87 bits per heavy atom. The predicted octanol–water partition coefficient (Wildman–Crippen LogP) is 2.36. The van der Waals surface area contributed by atoms with E-state index in [2.05, 4.69) is 15.1 Å². The molecule has 124 valence electrons. The molecule has 1 aliphatic heterocycles. The van der Waals surface area contributed by atoms with Crippen LogP contribution in [0.3, 0.4) is 0 Å². The molecule has 2 aromatic heterocycles. The van der Waals surface area contributed by atoms with Crippen LogP contribution in [-0.4, -0.2) is 43.6 Å². The van der Waals surface area contributed by atoms with Crippen molar-refractivity contribution in [2.24, 2.45) is 0 Å². The lowest BCUT2D eigenvalue weighted by molar-refractivity contribution is -0.135. The summed E-state index contributed by atoms with van der Waals surface area (Å²) in [5.41, 5.74) is 0. The summed E-state index contributed by atoms with van der Waals surface area (Å²) in [6, 6.07) is -0.243. The smallest absolute Gasteiger partial charge is 0.245 e. The quantitative estimate of drug-likeness (QED) is 0.865. The van der Waals surface area contributed by atoms with Crippen molar-refractivity contribution in [3.63, 3.8) is 0 Å². The second-order valence-electron chi connectivity index (χ2n) is 6.45. The summed E-state index contributed by atoms with van der Waals surface area (Å²) in [5.74, 6) is 1.87. The number of likely N-dealkylation sites (tertiary alicyclic amines) is 1. The fourth-order valence-corrected chi connectivity index (χ4v) is 2.93. The van der Waals surface area contributed by atoms with Crippen LogP contribution in [-0.2, 0) is 4.79 Å². The van der Waals surface area contributed by atoms with Gasteiger partial charge in [-0.15, -0.1) is 0 Å². The molecule has 23 heavy (non-hydrogen) atoms. The summed E-state index contributed by atoms with van der Waals surface area (Å²) in [6.45, 7) is 7.39. The third kappa shape index (κ3) is 3.28. The van der Waals surface area contributed by atoms with Gasteiger partial charge in [-0.25, -0.2) is 4.98 Å². The molecule has 7 nitrogen and oxygen atoms in total. The summed E-state index contributed by atoms with van der Waals surface area (Å²) < 4.78 is 7.13. The summed E-state index contributed by atoms with van der Waals surface area (Å²) in [5, 5.41) is 4.11. The van der Waals surface area contributed by atoms with Crippen LogP contribution >= 0.6 is 0 Å². The molecule has 1 fully saturated rings. The van der Waals surface area contributed by atoms with Gasteiger partial charge in [-0.05, 0) is 19.8 Å². The largest absolute Gasteiger partial charge is 0.340 e. The Morgan fingerprint density at radius 2 is 2.22 bits per heavy atom. The highest BCUT2D eigenvalue weighted by molar-refractivity contribution is 5.80. The molecule has 7 heteroatoms. The van der Waals surface area contributed by atoms with Crippen LogP contribution in [0.4, 0.5) is 0 Å². The number of rotatable bonds is 4. The van der Waals surface area contributed by atoms with E-state index in [1.165, 1.54) is 0 Å². The molecule has 0 aliphatic carbocycles. The maximum absolute atomic E-state index is 12.7. The SMILES string of the molecule is CC(C)c1nc([C@@H]2CCCN(C(=O)[C@H](C)n3ccnc3)C2)no1. The van der Waals surface area contributed by atoms with Gasteiger partial charge < -0.3 is 14.0 Å². The van der Waals surface area contributed by atoms with E-state index in [0.717, 1.165) is 25.2 Å². The standard InChI is InChI=1S/C16H23N5O2/c1-11(2)15-18-14(19-23-15)13-5-4-7-20(9-13)16(22)12(3)21-8-6-17-10-21/h6,8,10-13H,4-5,7,9H2,1-3H3/t12-,13+/m0/s1. The number of hydrogen-bond donors (Lipinski definition) is 0. The molecule has 0 bridgehead atoms. The zero-order chi connectivity index (χ0) is 16.4. The Labute approximate surface area is 135 Å². The second-order valence-corrected chi connectivity index (χ2v) is 6.45. The van der Waals surface area contributed by atoms with Gasteiger partial charge in [-0.2, -0.15) is 4.98 Å². The third-order valence-electron chi connectivity index (χ3n) is 4.38. The van der Waals surface area contributed by atoms with E-state index in [9.17, 15) is 4.79 Å². The Balaban J connectivity index is 1.69. The monoisotopic (exact) mass is 317 g/mol. The Morgan fingerprint density at radius 1 is 1.39 bits per heavy atom. The molecule has 3 rings (SSSR count). The van der Waals surface area contributed by atoms with E-state index in [1.54, 1.807) is 12.5 Å². The number of piperidine rings is 1. The third-order valence-corrected chi connectivity index (χ3v) is 4.38. The first-order valence-electron chi connectivity index (χ1n) is 8.16. The summed E-state index contributed by atoms with van der Waals surface area (Å²) in [6.07, 6.45) is 7.13. The minimum Gasteiger partial charge on any atom is -0.340 e. The van der Waals surface area contributed by atoms with Crippen LogP contribution < -0.4 is 0 Å². The van der Waals surface area contributed by atoms with E-state index in [4.69, 9.17) is 4.52 Å². The molecule has 0 unspecified atom stereocenters. The van der Waals surface area contributed by atoms with Crippen molar-refractivity contribution in [1.82, 2.24) is 24.6 Å². The highest BCUT2D eigenvalue weighted by atomic mass is 16.5. The second kappa shape index (κ2) is 6.52. The highest BCUT2D eigenvalue weighted by Crippen LogP contribution is 2.27. The van der Waals surface area contributed by atoms with Gasteiger partial charge >= 0.3 is 0 Å². The first kappa shape index (κ1) is 15.7. The summed E-state index contributed by atoms with van der Waals surface area (Å²) >= 11 is 0. The number of hydrogen-bond acceptors (Lipinski definition) is 5. The van der Waals surface area contributed by atoms with E-state index in [-0.39, 0.29) is 23.8 Å². The molecule has 0 N–H and O–H groups in total. The lowest BCUT2D eigenvalue weighted by Gasteiger charge is -2.33. The van der Waals surface area contributed by atoms with Gasteiger partial charge in [0.2, 0.25) is 11.8 Å². The molecule has 0 saturated carbocycles. The molecule has 1 aliphatic rings. The van der Waals surface area contributed by atoms with Crippen LogP contribution in [0.15, 0.2) is 23.2 Å². The Hall–Kier alpha value is -2.18. The number of carbonyl (C=O) groups excluding carboxylic acids is 1. The molecule has 1 amide bonds. The minimum absolute atomic E-state index is 0.111. The molecule has 0 aromatic carbocycles. The van der Waals surface area contributed by atoms with Gasteiger partial charge in [0.15, 0.2) is 5.82 Å². The van der Waals surface area contributed by atoms with Crippen molar-refractivity contribution in [3.8, 4) is 0 Å².